The molecule has 1 saturated heterocycles. The van der Waals surface area contributed by atoms with Gasteiger partial charge < -0.3 is 20.5 Å². The van der Waals surface area contributed by atoms with E-state index in [1.165, 1.54) is 6.42 Å². The normalized spacial score (nSPS) is 17.6. The van der Waals surface area contributed by atoms with Crippen LogP contribution < -0.4 is 5.32 Å². The Kier molecular flexibility index (Phi) is 6.98. The van der Waals surface area contributed by atoms with E-state index >= 15 is 0 Å². The summed E-state index contributed by atoms with van der Waals surface area (Å²) in [6.07, 6.45) is 5.21. The Bertz CT molecular complexity index is 822. The van der Waals surface area contributed by atoms with Gasteiger partial charge in [0.25, 0.3) is 11.8 Å². The van der Waals surface area contributed by atoms with Gasteiger partial charge in [0.2, 0.25) is 0 Å². The van der Waals surface area contributed by atoms with E-state index in [4.69, 9.17) is 0 Å². The van der Waals surface area contributed by atoms with Crippen molar-refractivity contribution in [3.05, 3.63) is 35.5 Å². The van der Waals surface area contributed by atoms with Gasteiger partial charge in [0.15, 0.2) is 0 Å². The van der Waals surface area contributed by atoms with Crippen LogP contribution in [-0.2, 0) is 5.91 Å². The summed E-state index contributed by atoms with van der Waals surface area (Å²) < 4.78 is 0. The lowest BCUT2D eigenvalue weighted by molar-refractivity contribution is -0.280. The first-order chi connectivity index (χ1) is 13.8. The van der Waals surface area contributed by atoms with E-state index in [-0.39, 0.29) is 5.91 Å². The molecular weight excluding hydrogens is 366 g/mol. The van der Waals surface area contributed by atoms with Crippen LogP contribution in [0, 0.1) is 11.8 Å². The molecule has 6 heteroatoms. The van der Waals surface area contributed by atoms with Crippen molar-refractivity contribution in [3.63, 3.8) is 0 Å². The van der Waals surface area contributed by atoms with Crippen LogP contribution in [0.4, 0.5) is 0 Å². The second-order valence-corrected chi connectivity index (χ2v) is 8.73. The van der Waals surface area contributed by atoms with Crippen LogP contribution in [0.3, 0.4) is 0 Å². The molecule has 6 nitrogen and oxygen atoms in total. The first-order valence-electron chi connectivity index (χ1n) is 10.9. The smallest absolute Gasteiger partial charge is 0.267 e. The molecule has 1 aromatic heterocycles. The number of benzene rings is 1. The fourth-order valence-electron chi connectivity index (χ4n) is 4.13. The minimum Gasteiger partial charge on any atom is -0.351 e. The zero-order valence-corrected chi connectivity index (χ0v) is 17.9. The number of nitrogens with zero attached hydrogens (tertiary/aromatic N) is 1. The average molecular weight is 402 g/mol. The average Bonchev–Trinajstić information content (AvgIpc) is 3.12. The van der Waals surface area contributed by atoms with Crippen LogP contribution in [0.2, 0.25) is 0 Å². The quantitative estimate of drug-likeness (QED) is 0.509. The van der Waals surface area contributed by atoms with Gasteiger partial charge in [-0.05, 0) is 49.3 Å². The highest BCUT2D eigenvalue weighted by molar-refractivity contribution is 5.98. The number of likely N-dealkylation sites (tertiary alicyclic amines) is 1. The highest BCUT2D eigenvalue weighted by atomic mass is 16.5. The van der Waals surface area contributed by atoms with Gasteiger partial charge in [-0.1, -0.05) is 39.7 Å². The predicted octanol–water partition coefficient (Wildman–Crippen LogP) is 3.55. The number of hydrogen-bond donors (Lipinski definition) is 4. The number of carbonyl (C=O) groups is 1. The van der Waals surface area contributed by atoms with Crippen LogP contribution in [0.25, 0.3) is 10.9 Å². The highest BCUT2D eigenvalue weighted by Gasteiger charge is 2.36. The SMILES string of the molecule is CCCC(C)CCNC(=O)c1cc2cc(C(O)(O)N3CCC(C)CC3)ccc2[nH]1. The van der Waals surface area contributed by atoms with Crippen molar-refractivity contribution in [3.8, 4) is 0 Å². The molecule has 1 atom stereocenters. The van der Waals surface area contributed by atoms with E-state index in [9.17, 15) is 15.0 Å². The molecule has 0 spiro atoms. The standard InChI is InChI=1S/C23H35N3O3/c1-4-5-16(2)8-11-24-22(27)21-15-18-14-19(6-7-20(18)25-21)23(28,29)26-12-9-17(3)10-13-26/h6-7,14-17,25,28-29H,4-5,8-13H2,1-3H3,(H,24,27). The molecule has 4 N–H and O–H groups in total. The Morgan fingerprint density at radius 1 is 1.28 bits per heavy atom. The molecule has 29 heavy (non-hydrogen) atoms. The monoisotopic (exact) mass is 401 g/mol. The summed E-state index contributed by atoms with van der Waals surface area (Å²) in [6, 6.07) is 7.05. The lowest BCUT2D eigenvalue weighted by atomic mass is 9.97. The fraction of sp³-hybridized carbons (Fsp3) is 0.609. The molecular formula is C23H35N3O3. The third-order valence-corrected chi connectivity index (χ3v) is 6.18. The van der Waals surface area contributed by atoms with E-state index in [0.29, 0.717) is 42.7 Å². The Morgan fingerprint density at radius 2 is 2.00 bits per heavy atom. The molecule has 160 valence electrons. The summed E-state index contributed by atoms with van der Waals surface area (Å²) in [5.74, 6) is -0.912. The lowest BCUT2D eigenvalue weighted by Crippen LogP contribution is -2.49. The van der Waals surface area contributed by atoms with Crippen molar-refractivity contribution in [1.29, 1.82) is 0 Å². The Labute approximate surface area is 173 Å². The topological polar surface area (TPSA) is 88.6 Å². The number of piperidine rings is 1. The molecule has 1 aliphatic heterocycles. The number of aliphatic hydroxyl groups is 2. The highest BCUT2D eigenvalue weighted by Crippen LogP contribution is 2.30. The number of rotatable bonds is 8. The van der Waals surface area contributed by atoms with Crippen LogP contribution >= 0.6 is 0 Å². The van der Waals surface area contributed by atoms with E-state index in [1.807, 2.05) is 0 Å². The van der Waals surface area contributed by atoms with Crippen LogP contribution in [-0.4, -0.2) is 45.6 Å². The number of carbonyl (C=O) groups excluding carboxylic acids is 1. The summed E-state index contributed by atoms with van der Waals surface area (Å²) in [4.78, 5) is 17.3. The van der Waals surface area contributed by atoms with Crippen LogP contribution in [0.15, 0.2) is 24.3 Å². The van der Waals surface area contributed by atoms with Crippen molar-refractivity contribution in [2.75, 3.05) is 19.6 Å². The minimum atomic E-state index is -2.00. The largest absolute Gasteiger partial charge is 0.351 e. The van der Waals surface area contributed by atoms with Gasteiger partial charge >= 0.3 is 0 Å². The van der Waals surface area contributed by atoms with Gasteiger partial charge in [-0.25, -0.2) is 4.90 Å². The molecule has 2 heterocycles. The van der Waals surface area contributed by atoms with Crippen molar-refractivity contribution in [1.82, 2.24) is 15.2 Å². The van der Waals surface area contributed by atoms with Gasteiger partial charge in [0.1, 0.15) is 5.69 Å². The van der Waals surface area contributed by atoms with E-state index < -0.39 is 5.91 Å². The molecule has 2 aromatic rings. The molecule has 1 aliphatic rings. The second kappa shape index (κ2) is 9.28. The molecule has 0 bridgehead atoms. The zero-order chi connectivity index (χ0) is 21.0. The zero-order valence-electron chi connectivity index (χ0n) is 17.9. The van der Waals surface area contributed by atoms with Crippen LogP contribution in [0.1, 0.15) is 68.9 Å². The molecule has 1 fully saturated rings. The first-order valence-corrected chi connectivity index (χ1v) is 10.9. The van der Waals surface area contributed by atoms with Gasteiger partial charge in [-0.3, -0.25) is 4.79 Å². The fourth-order valence-corrected chi connectivity index (χ4v) is 4.13. The summed E-state index contributed by atoms with van der Waals surface area (Å²) in [6.45, 7) is 8.54. The number of aromatic amines is 1. The van der Waals surface area contributed by atoms with Gasteiger partial charge in [0, 0.05) is 36.1 Å². The number of amides is 1. The van der Waals surface area contributed by atoms with Crippen molar-refractivity contribution in [2.45, 2.75) is 58.8 Å². The second-order valence-electron chi connectivity index (χ2n) is 8.73. The maximum Gasteiger partial charge on any atom is 0.267 e. The van der Waals surface area contributed by atoms with Gasteiger partial charge in [-0.15, -0.1) is 0 Å². The maximum absolute atomic E-state index is 12.5. The predicted molar refractivity (Wildman–Crippen MR) is 115 cm³/mol. The van der Waals surface area contributed by atoms with E-state index in [1.54, 1.807) is 29.2 Å². The molecule has 0 radical (unpaired) electrons. The molecule has 1 aromatic carbocycles. The third kappa shape index (κ3) is 5.18. The number of H-pyrrole nitrogens is 1. The maximum atomic E-state index is 12.5. The molecule has 3 rings (SSSR count). The minimum absolute atomic E-state index is 0.129. The van der Waals surface area contributed by atoms with E-state index in [0.717, 1.165) is 36.6 Å². The summed E-state index contributed by atoms with van der Waals surface area (Å²) in [7, 11) is 0. The number of nitrogens with one attached hydrogen (secondary N) is 2. The van der Waals surface area contributed by atoms with Crippen molar-refractivity contribution in [2.24, 2.45) is 11.8 Å². The molecule has 1 unspecified atom stereocenters. The van der Waals surface area contributed by atoms with E-state index in [2.05, 4.69) is 31.1 Å². The third-order valence-electron chi connectivity index (χ3n) is 6.18. The summed E-state index contributed by atoms with van der Waals surface area (Å²) in [5, 5.41) is 25.3. The molecule has 1 amide bonds. The van der Waals surface area contributed by atoms with Gasteiger partial charge in [0.05, 0.1) is 0 Å². The summed E-state index contributed by atoms with van der Waals surface area (Å²) in [5.41, 5.74) is 1.73. The Hall–Kier alpha value is -1.89. The van der Waals surface area contributed by atoms with Crippen LogP contribution in [0.5, 0.6) is 0 Å². The molecule has 0 aliphatic carbocycles. The van der Waals surface area contributed by atoms with Gasteiger partial charge in [-0.2, -0.15) is 0 Å². The molecule has 0 saturated carbocycles. The van der Waals surface area contributed by atoms with Crippen molar-refractivity contribution >= 4 is 16.8 Å². The number of hydrogen-bond acceptors (Lipinski definition) is 4. The van der Waals surface area contributed by atoms with Crippen molar-refractivity contribution < 1.29 is 15.0 Å². The first kappa shape index (κ1) is 21.8. The lowest BCUT2D eigenvalue weighted by Gasteiger charge is -2.39. The Balaban J connectivity index is 1.68. The summed E-state index contributed by atoms with van der Waals surface area (Å²) >= 11 is 0. The Morgan fingerprint density at radius 3 is 2.69 bits per heavy atom. The number of fused-ring (bicyclic) bond motifs is 1. The number of aromatic nitrogens is 1.